The second-order valence-electron chi connectivity index (χ2n) is 7.52. The predicted molar refractivity (Wildman–Crippen MR) is 108 cm³/mol. The highest BCUT2D eigenvalue weighted by molar-refractivity contribution is 7.10. The second-order valence-corrected chi connectivity index (χ2v) is 8.50. The van der Waals surface area contributed by atoms with E-state index >= 15 is 0 Å². The van der Waals surface area contributed by atoms with Crippen LogP contribution < -0.4 is 9.47 Å². The minimum Gasteiger partial charge on any atom is -0.507 e. The molecule has 1 saturated heterocycles. The number of benzene rings is 1. The van der Waals surface area contributed by atoms with Gasteiger partial charge in [0.25, 0.3) is 11.7 Å². The molecule has 1 atom stereocenters. The molecule has 1 N–H and O–H groups in total. The molecule has 0 bridgehead atoms. The first-order chi connectivity index (χ1) is 14.1. The Morgan fingerprint density at radius 2 is 1.83 bits per heavy atom. The molecule has 3 heterocycles. The molecule has 7 heteroatoms. The van der Waals surface area contributed by atoms with E-state index in [-0.39, 0.29) is 17.4 Å². The number of Topliss-reactive ketones (excluding diaryl/α,β-unsaturated/α-hetero) is 1. The zero-order valence-corrected chi connectivity index (χ0v) is 16.6. The highest BCUT2D eigenvalue weighted by Gasteiger charge is 2.49. The monoisotopic (exact) mass is 411 g/mol. The quantitative estimate of drug-likeness (QED) is 0.471. The molecule has 2 aromatic rings. The number of aliphatic hydroxyl groups excluding tert-OH is 1. The van der Waals surface area contributed by atoms with E-state index in [1.165, 1.54) is 11.3 Å². The highest BCUT2D eigenvalue weighted by Crippen LogP contribution is 2.45. The normalized spacial score (nSPS) is 23.7. The van der Waals surface area contributed by atoms with Crippen LogP contribution in [0.5, 0.6) is 11.5 Å². The van der Waals surface area contributed by atoms with E-state index in [1.807, 2.05) is 17.5 Å². The summed E-state index contributed by atoms with van der Waals surface area (Å²) in [6.07, 6.45) is 3.87. The lowest BCUT2D eigenvalue weighted by molar-refractivity contribution is -0.141. The third-order valence-electron chi connectivity index (χ3n) is 5.83. The van der Waals surface area contributed by atoms with Crippen molar-refractivity contribution in [2.45, 2.75) is 37.8 Å². The van der Waals surface area contributed by atoms with Crippen LogP contribution in [0.4, 0.5) is 0 Å². The van der Waals surface area contributed by atoms with Crippen LogP contribution in [0.15, 0.2) is 41.3 Å². The van der Waals surface area contributed by atoms with Crippen molar-refractivity contribution in [3.8, 4) is 11.5 Å². The van der Waals surface area contributed by atoms with Crippen molar-refractivity contribution in [1.29, 1.82) is 0 Å². The second kappa shape index (κ2) is 7.22. The Bertz CT molecular complexity index is 991. The topological polar surface area (TPSA) is 76.1 Å². The van der Waals surface area contributed by atoms with Crippen LogP contribution in [0.3, 0.4) is 0 Å². The minimum absolute atomic E-state index is 0.0316. The SMILES string of the molecule is O=C1C(=O)N(C2CCCC2)C(c2cccs2)/C1=C(/O)c1ccc2c(c1)OCCO2. The number of ether oxygens (including phenoxy) is 2. The lowest BCUT2D eigenvalue weighted by Gasteiger charge is -2.29. The molecule has 1 aromatic carbocycles. The summed E-state index contributed by atoms with van der Waals surface area (Å²) in [5.74, 6) is -0.177. The molecule has 1 unspecified atom stereocenters. The summed E-state index contributed by atoms with van der Waals surface area (Å²) in [6, 6.07) is 8.38. The molecule has 6 nitrogen and oxygen atoms in total. The predicted octanol–water partition coefficient (Wildman–Crippen LogP) is 3.88. The molecular weight excluding hydrogens is 390 g/mol. The minimum atomic E-state index is -0.623. The van der Waals surface area contributed by atoms with Crippen molar-refractivity contribution in [1.82, 2.24) is 4.90 Å². The summed E-state index contributed by atoms with van der Waals surface area (Å²) in [5, 5.41) is 13.1. The van der Waals surface area contributed by atoms with E-state index in [0.717, 1.165) is 30.6 Å². The fourth-order valence-electron chi connectivity index (χ4n) is 4.48. The van der Waals surface area contributed by atoms with Gasteiger partial charge in [0.1, 0.15) is 19.0 Å². The number of nitrogens with zero attached hydrogens (tertiary/aromatic N) is 1. The van der Waals surface area contributed by atoms with E-state index < -0.39 is 17.7 Å². The third kappa shape index (κ3) is 3.00. The van der Waals surface area contributed by atoms with E-state index in [9.17, 15) is 14.7 Å². The first-order valence-electron chi connectivity index (χ1n) is 9.88. The zero-order chi connectivity index (χ0) is 20.0. The van der Waals surface area contributed by atoms with E-state index in [0.29, 0.717) is 30.3 Å². The first-order valence-corrected chi connectivity index (χ1v) is 10.8. The number of hydrogen-bond acceptors (Lipinski definition) is 6. The van der Waals surface area contributed by atoms with Gasteiger partial charge in [-0.05, 0) is 42.5 Å². The number of rotatable bonds is 3. The van der Waals surface area contributed by atoms with Gasteiger partial charge in [-0.3, -0.25) is 9.59 Å². The van der Waals surface area contributed by atoms with Crippen LogP contribution in [0.2, 0.25) is 0 Å². The molecule has 1 amide bonds. The molecule has 29 heavy (non-hydrogen) atoms. The molecule has 0 spiro atoms. The number of thiophene rings is 1. The van der Waals surface area contributed by atoms with Crippen molar-refractivity contribution in [2.24, 2.45) is 0 Å². The Morgan fingerprint density at radius 3 is 2.55 bits per heavy atom. The van der Waals surface area contributed by atoms with Gasteiger partial charge in [0, 0.05) is 16.5 Å². The van der Waals surface area contributed by atoms with E-state index in [2.05, 4.69) is 0 Å². The lowest BCUT2D eigenvalue weighted by Crippen LogP contribution is -2.37. The molecule has 0 radical (unpaired) electrons. The van der Waals surface area contributed by atoms with Gasteiger partial charge < -0.3 is 19.5 Å². The maximum atomic E-state index is 13.0. The van der Waals surface area contributed by atoms with Crippen LogP contribution in [0, 0.1) is 0 Å². The lowest BCUT2D eigenvalue weighted by atomic mass is 9.99. The number of carbonyl (C=O) groups excluding carboxylic acids is 2. The molecule has 1 aromatic heterocycles. The standard InChI is InChI=1S/C22H21NO5S/c24-20(13-7-8-15-16(12-13)28-10-9-27-15)18-19(17-6-3-11-29-17)23(22(26)21(18)25)14-4-1-2-5-14/h3,6-8,11-12,14,19,24H,1-2,4-5,9-10H2/b20-18-. The van der Waals surface area contributed by atoms with Crippen LogP contribution in [0.25, 0.3) is 5.76 Å². The van der Waals surface area contributed by atoms with Gasteiger partial charge in [-0.1, -0.05) is 18.9 Å². The van der Waals surface area contributed by atoms with Crippen molar-refractivity contribution in [3.63, 3.8) is 0 Å². The molecular formula is C22H21NO5S. The number of carbonyl (C=O) groups is 2. The van der Waals surface area contributed by atoms with Crippen LogP contribution in [0.1, 0.15) is 42.2 Å². The van der Waals surface area contributed by atoms with E-state index in [1.54, 1.807) is 23.1 Å². The van der Waals surface area contributed by atoms with Crippen LogP contribution >= 0.6 is 11.3 Å². The number of hydrogen-bond donors (Lipinski definition) is 1. The summed E-state index contributed by atoms with van der Waals surface area (Å²) in [4.78, 5) is 28.6. The van der Waals surface area contributed by atoms with Crippen molar-refractivity contribution in [3.05, 3.63) is 51.7 Å². The zero-order valence-electron chi connectivity index (χ0n) is 15.8. The number of likely N-dealkylation sites (tertiary alicyclic amines) is 1. The fourth-order valence-corrected chi connectivity index (χ4v) is 5.31. The molecule has 1 saturated carbocycles. The van der Waals surface area contributed by atoms with Gasteiger partial charge in [-0.25, -0.2) is 0 Å². The van der Waals surface area contributed by atoms with Gasteiger partial charge in [-0.15, -0.1) is 11.3 Å². The fraction of sp³-hybridized carbons (Fsp3) is 0.364. The number of fused-ring (bicyclic) bond motifs is 1. The molecule has 1 aliphatic carbocycles. The van der Waals surface area contributed by atoms with Crippen molar-refractivity contribution >= 4 is 28.8 Å². The highest BCUT2D eigenvalue weighted by atomic mass is 32.1. The summed E-state index contributed by atoms with van der Waals surface area (Å²) in [7, 11) is 0. The third-order valence-corrected chi connectivity index (χ3v) is 6.75. The summed E-state index contributed by atoms with van der Waals surface area (Å²) in [6.45, 7) is 0.904. The largest absolute Gasteiger partial charge is 0.507 e. The molecule has 2 aliphatic heterocycles. The molecule has 3 aliphatic rings. The Labute approximate surface area is 172 Å². The molecule has 5 rings (SSSR count). The molecule has 150 valence electrons. The summed E-state index contributed by atoms with van der Waals surface area (Å²) in [5.41, 5.74) is 0.598. The Balaban J connectivity index is 1.63. The maximum absolute atomic E-state index is 13.0. The van der Waals surface area contributed by atoms with Gasteiger partial charge >= 0.3 is 0 Å². The van der Waals surface area contributed by atoms with Gasteiger partial charge in [0.15, 0.2) is 11.5 Å². The Morgan fingerprint density at radius 1 is 1.07 bits per heavy atom. The first kappa shape index (κ1) is 18.2. The molecule has 2 fully saturated rings. The number of amides is 1. The van der Waals surface area contributed by atoms with Gasteiger partial charge in [-0.2, -0.15) is 0 Å². The van der Waals surface area contributed by atoms with Crippen molar-refractivity contribution in [2.75, 3.05) is 13.2 Å². The average Bonchev–Trinajstić information content (AvgIpc) is 3.49. The maximum Gasteiger partial charge on any atom is 0.295 e. The van der Waals surface area contributed by atoms with Gasteiger partial charge in [0.05, 0.1) is 11.6 Å². The smallest absolute Gasteiger partial charge is 0.295 e. The van der Waals surface area contributed by atoms with Crippen molar-refractivity contribution < 1.29 is 24.2 Å². The van der Waals surface area contributed by atoms with Crippen LogP contribution in [-0.2, 0) is 9.59 Å². The van der Waals surface area contributed by atoms with Gasteiger partial charge in [0.2, 0.25) is 0 Å². The summed E-state index contributed by atoms with van der Waals surface area (Å²) >= 11 is 1.49. The Kier molecular flexibility index (Phi) is 4.54. The van der Waals surface area contributed by atoms with E-state index in [4.69, 9.17) is 9.47 Å². The van der Waals surface area contributed by atoms with Crippen LogP contribution in [-0.4, -0.2) is 41.0 Å². The Hall–Kier alpha value is -2.80. The number of ketones is 1. The summed E-state index contributed by atoms with van der Waals surface area (Å²) < 4.78 is 11.1. The average molecular weight is 411 g/mol. The number of aliphatic hydroxyl groups is 1.